The molecule has 24 heavy (non-hydrogen) atoms. The second-order valence-electron chi connectivity index (χ2n) is 5.08. The minimum Gasteiger partial charge on any atom is -0.447 e. The molecule has 2 heterocycles. The quantitative estimate of drug-likeness (QED) is 0.843. The number of pyridine rings is 1. The van der Waals surface area contributed by atoms with Gasteiger partial charge in [0, 0.05) is 12.2 Å². The van der Waals surface area contributed by atoms with Gasteiger partial charge >= 0.3 is 6.09 Å². The fourth-order valence-corrected chi connectivity index (χ4v) is 2.64. The number of nitrogens with one attached hydrogen (secondary N) is 1. The second kappa shape index (κ2) is 7.07. The fourth-order valence-electron chi connectivity index (χ4n) is 2.31. The molecule has 1 aromatic carbocycles. The number of hydrogen-bond acceptors (Lipinski definition) is 4. The smallest absolute Gasteiger partial charge is 0.414 e. The van der Waals surface area contributed by atoms with Crippen LogP contribution in [0.15, 0.2) is 36.4 Å². The second-order valence-corrected chi connectivity index (χ2v) is 5.88. The molecule has 6 nitrogen and oxygen atoms in total. The number of ether oxygens (including phenoxy) is 1. The van der Waals surface area contributed by atoms with E-state index in [0.717, 1.165) is 11.3 Å². The van der Waals surface area contributed by atoms with Gasteiger partial charge < -0.3 is 10.1 Å². The van der Waals surface area contributed by atoms with Crippen molar-refractivity contribution in [2.75, 3.05) is 18.1 Å². The van der Waals surface area contributed by atoms with Crippen molar-refractivity contribution in [2.24, 2.45) is 0 Å². The van der Waals surface area contributed by atoms with Crippen molar-refractivity contribution in [3.8, 4) is 0 Å². The molecule has 124 valence electrons. The number of nitrogens with zero attached hydrogens (tertiary/aromatic N) is 2. The maximum Gasteiger partial charge on any atom is 0.414 e. The Kier molecular flexibility index (Phi) is 4.87. The first-order chi connectivity index (χ1) is 11.5. The van der Waals surface area contributed by atoms with Crippen molar-refractivity contribution >= 4 is 40.9 Å². The number of aromatic nitrogens is 1. The molecule has 1 saturated heterocycles. The summed E-state index contributed by atoms with van der Waals surface area (Å²) in [5.74, 6) is -0.423. The lowest BCUT2D eigenvalue weighted by molar-refractivity contribution is 0.0946. The van der Waals surface area contributed by atoms with Gasteiger partial charge in [-0.25, -0.2) is 9.78 Å². The van der Waals surface area contributed by atoms with Crippen LogP contribution in [0, 0.1) is 0 Å². The average molecular weight is 366 g/mol. The van der Waals surface area contributed by atoms with Gasteiger partial charge in [0.2, 0.25) is 0 Å². The molecule has 3 rings (SSSR count). The Bertz CT molecular complexity index is 798. The molecule has 8 heteroatoms. The first kappa shape index (κ1) is 16.5. The van der Waals surface area contributed by atoms with Crippen LogP contribution in [-0.4, -0.2) is 30.1 Å². The standard InChI is InChI=1S/C16H13Cl2N3O3/c17-12-4-5-13(18)20-14(12)15(22)19-9-10-2-1-3-11(8-10)21-6-7-24-16(21)23/h1-5,8H,6-7,9H2,(H,19,22). The van der Waals surface area contributed by atoms with Crippen LogP contribution in [-0.2, 0) is 11.3 Å². The number of cyclic esters (lactones) is 1. The lowest BCUT2D eigenvalue weighted by Crippen LogP contribution is -2.25. The Morgan fingerprint density at radius 2 is 2.12 bits per heavy atom. The highest BCUT2D eigenvalue weighted by Gasteiger charge is 2.23. The van der Waals surface area contributed by atoms with Gasteiger partial charge in [-0.05, 0) is 29.8 Å². The van der Waals surface area contributed by atoms with Gasteiger partial charge in [-0.3, -0.25) is 9.69 Å². The van der Waals surface area contributed by atoms with E-state index >= 15 is 0 Å². The van der Waals surface area contributed by atoms with Gasteiger partial charge in [-0.2, -0.15) is 0 Å². The van der Waals surface area contributed by atoms with E-state index in [-0.39, 0.29) is 28.5 Å². The molecule has 0 bridgehead atoms. The summed E-state index contributed by atoms with van der Waals surface area (Å²) in [4.78, 5) is 29.3. The fraction of sp³-hybridized carbons (Fsp3) is 0.188. The number of rotatable bonds is 4. The lowest BCUT2D eigenvalue weighted by atomic mass is 10.2. The molecule has 0 unspecified atom stereocenters. The summed E-state index contributed by atoms with van der Waals surface area (Å²) in [5.41, 5.74) is 1.63. The van der Waals surface area contributed by atoms with Gasteiger partial charge in [0.25, 0.3) is 5.91 Å². The van der Waals surface area contributed by atoms with Crippen molar-refractivity contribution in [1.29, 1.82) is 0 Å². The highest BCUT2D eigenvalue weighted by molar-refractivity contribution is 6.34. The summed E-state index contributed by atoms with van der Waals surface area (Å²) in [6.07, 6.45) is -0.369. The lowest BCUT2D eigenvalue weighted by Gasteiger charge is -2.14. The molecule has 0 saturated carbocycles. The summed E-state index contributed by atoms with van der Waals surface area (Å²) in [7, 11) is 0. The van der Waals surface area contributed by atoms with E-state index in [4.69, 9.17) is 27.9 Å². The summed E-state index contributed by atoms with van der Waals surface area (Å²) in [5, 5.41) is 3.15. The van der Waals surface area contributed by atoms with E-state index in [1.807, 2.05) is 24.3 Å². The number of amides is 2. The van der Waals surface area contributed by atoms with Crippen LogP contribution >= 0.6 is 23.2 Å². The number of carbonyl (C=O) groups excluding carboxylic acids is 2. The number of carbonyl (C=O) groups is 2. The van der Waals surface area contributed by atoms with Gasteiger partial charge in [0.05, 0.1) is 11.6 Å². The van der Waals surface area contributed by atoms with Gasteiger partial charge in [-0.1, -0.05) is 35.3 Å². The van der Waals surface area contributed by atoms with E-state index in [1.165, 1.54) is 12.1 Å². The Balaban J connectivity index is 1.69. The first-order valence-electron chi connectivity index (χ1n) is 7.18. The number of hydrogen-bond donors (Lipinski definition) is 1. The van der Waals surface area contributed by atoms with Crippen LogP contribution in [0.1, 0.15) is 16.1 Å². The molecule has 0 spiro atoms. The maximum atomic E-state index is 12.2. The van der Waals surface area contributed by atoms with Crippen LogP contribution < -0.4 is 10.2 Å². The summed E-state index contributed by atoms with van der Waals surface area (Å²) >= 11 is 11.7. The van der Waals surface area contributed by atoms with E-state index in [2.05, 4.69) is 10.3 Å². The molecular formula is C16H13Cl2N3O3. The molecule has 1 N–H and O–H groups in total. The molecule has 0 radical (unpaired) electrons. The Hall–Kier alpha value is -2.31. The minimum absolute atomic E-state index is 0.0726. The monoisotopic (exact) mass is 365 g/mol. The number of benzene rings is 1. The molecular weight excluding hydrogens is 353 g/mol. The van der Waals surface area contributed by atoms with Crippen molar-refractivity contribution in [3.05, 3.63) is 57.8 Å². The van der Waals surface area contributed by atoms with E-state index < -0.39 is 5.91 Å². The Morgan fingerprint density at radius 3 is 2.88 bits per heavy atom. The van der Waals surface area contributed by atoms with Crippen molar-refractivity contribution < 1.29 is 14.3 Å². The minimum atomic E-state index is -0.423. The van der Waals surface area contributed by atoms with E-state index in [9.17, 15) is 9.59 Å². The maximum absolute atomic E-state index is 12.2. The predicted molar refractivity (Wildman–Crippen MR) is 90.6 cm³/mol. The highest BCUT2D eigenvalue weighted by Crippen LogP contribution is 2.20. The van der Waals surface area contributed by atoms with Crippen LogP contribution in [0.2, 0.25) is 10.2 Å². The van der Waals surface area contributed by atoms with Crippen LogP contribution in [0.5, 0.6) is 0 Å². The van der Waals surface area contributed by atoms with Crippen molar-refractivity contribution in [2.45, 2.75) is 6.54 Å². The van der Waals surface area contributed by atoms with Crippen LogP contribution in [0.25, 0.3) is 0 Å². The largest absolute Gasteiger partial charge is 0.447 e. The molecule has 0 atom stereocenters. The number of halogens is 2. The third-order valence-electron chi connectivity index (χ3n) is 3.46. The topological polar surface area (TPSA) is 71.5 Å². The van der Waals surface area contributed by atoms with Crippen LogP contribution in [0.3, 0.4) is 0 Å². The molecule has 1 aromatic heterocycles. The first-order valence-corrected chi connectivity index (χ1v) is 7.93. The zero-order valence-electron chi connectivity index (χ0n) is 12.5. The molecule has 2 aromatic rings. The Morgan fingerprint density at radius 1 is 1.29 bits per heavy atom. The Labute approximate surface area is 148 Å². The normalized spacial score (nSPS) is 13.8. The molecule has 2 amide bonds. The molecule has 1 aliphatic rings. The SMILES string of the molecule is O=C(NCc1cccc(N2CCOC2=O)c1)c1nc(Cl)ccc1Cl. The predicted octanol–water partition coefficient (Wildman–Crippen LogP) is 3.28. The van der Waals surface area contributed by atoms with Gasteiger partial charge in [0.15, 0.2) is 0 Å². The summed E-state index contributed by atoms with van der Waals surface area (Å²) in [6.45, 7) is 1.15. The average Bonchev–Trinajstić information content (AvgIpc) is 3.01. The zero-order valence-corrected chi connectivity index (χ0v) is 14.0. The van der Waals surface area contributed by atoms with Crippen molar-refractivity contribution in [3.63, 3.8) is 0 Å². The third kappa shape index (κ3) is 3.60. The van der Waals surface area contributed by atoms with E-state index in [1.54, 1.807) is 4.90 Å². The summed E-state index contributed by atoms with van der Waals surface area (Å²) in [6, 6.07) is 10.3. The zero-order chi connectivity index (χ0) is 17.1. The molecule has 1 aliphatic heterocycles. The third-order valence-corrected chi connectivity index (χ3v) is 3.98. The van der Waals surface area contributed by atoms with E-state index in [0.29, 0.717) is 13.2 Å². The highest BCUT2D eigenvalue weighted by atomic mass is 35.5. The van der Waals surface area contributed by atoms with Gasteiger partial charge in [-0.15, -0.1) is 0 Å². The number of anilines is 1. The van der Waals surface area contributed by atoms with Crippen molar-refractivity contribution in [1.82, 2.24) is 10.3 Å². The van der Waals surface area contributed by atoms with Crippen LogP contribution in [0.4, 0.5) is 10.5 Å². The van der Waals surface area contributed by atoms with Gasteiger partial charge in [0.1, 0.15) is 17.5 Å². The molecule has 0 aliphatic carbocycles. The summed E-state index contributed by atoms with van der Waals surface area (Å²) < 4.78 is 4.92. The molecule has 1 fully saturated rings.